The number of halogens is 1. The summed E-state index contributed by atoms with van der Waals surface area (Å²) in [5.41, 5.74) is 0.880. The summed E-state index contributed by atoms with van der Waals surface area (Å²) in [5, 5.41) is 13.5. The molecule has 0 saturated carbocycles. The predicted octanol–water partition coefficient (Wildman–Crippen LogP) is 3.91. The number of nitrogens with zero attached hydrogens (tertiary/aromatic N) is 1. The third-order valence-electron chi connectivity index (χ3n) is 2.93. The summed E-state index contributed by atoms with van der Waals surface area (Å²) in [6.07, 6.45) is 2.76. The lowest BCUT2D eigenvalue weighted by atomic mass is 10.2. The Morgan fingerprint density at radius 1 is 1.30 bits per heavy atom. The molecule has 1 N–H and O–H groups in total. The van der Waals surface area contributed by atoms with Crippen LogP contribution in [-0.2, 0) is 4.79 Å². The zero-order valence-electron chi connectivity index (χ0n) is 12.2. The third-order valence-corrected chi connectivity index (χ3v) is 3.25. The van der Waals surface area contributed by atoms with Gasteiger partial charge in [-0.1, -0.05) is 23.7 Å². The first kappa shape index (κ1) is 16.5. The van der Waals surface area contributed by atoms with E-state index in [-0.39, 0.29) is 16.6 Å². The van der Waals surface area contributed by atoms with Crippen LogP contribution in [0.1, 0.15) is 5.56 Å². The number of benzene rings is 2. The molecule has 0 spiro atoms. The monoisotopic (exact) mass is 332 g/mol. The number of hydrogen-bond acceptors (Lipinski definition) is 4. The Balaban J connectivity index is 2.09. The van der Waals surface area contributed by atoms with Crippen LogP contribution in [0.25, 0.3) is 6.08 Å². The molecule has 0 aliphatic rings. The first-order chi connectivity index (χ1) is 11.0. The zero-order chi connectivity index (χ0) is 16.8. The summed E-state index contributed by atoms with van der Waals surface area (Å²) >= 11 is 5.73. The second kappa shape index (κ2) is 7.42. The number of rotatable bonds is 5. The van der Waals surface area contributed by atoms with Gasteiger partial charge in [-0.2, -0.15) is 0 Å². The molecule has 0 heterocycles. The quantitative estimate of drug-likeness (QED) is 0.511. The van der Waals surface area contributed by atoms with Gasteiger partial charge < -0.3 is 10.1 Å². The van der Waals surface area contributed by atoms with Crippen LogP contribution in [-0.4, -0.2) is 17.9 Å². The minimum Gasteiger partial charge on any atom is -0.497 e. The zero-order valence-corrected chi connectivity index (χ0v) is 12.9. The molecule has 23 heavy (non-hydrogen) atoms. The van der Waals surface area contributed by atoms with Gasteiger partial charge >= 0.3 is 0 Å². The number of nitro benzene ring substituents is 1. The van der Waals surface area contributed by atoms with Crippen molar-refractivity contribution in [2.75, 3.05) is 12.4 Å². The van der Waals surface area contributed by atoms with Gasteiger partial charge in [0.25, 0.3) is 5.69 Å². The maximum atomic E-state index is 11.9. The maximum Gasteiger partial charge on any atom is 0.288 e. The standard InChI is InChI=1S/C16H13ClN2O4/c1-23-13-4-2-3-12(10-13)18-16(20)8-6-11-5-7-14(17)15(9-11)19(21)22/h2-10H,1H3,(H,18,20). The van der Waals surface area contributed by atoms with Crippen LogP contribution in [0.5, 0.6) is 5.75 Å². The van der Waals surface area contributed by atoms with Crippen molar-refractivity contribution in [1.82, 2.24) is 0 Å². The van der Waals surface area contributed by atoms with Crippen LogP contribution in [0.4, 0.5) is 11.4 Å². The number of nitro groups is 1. The van der Waals surface area contributed by atoms with E-state index in [4.69, 9.17) is 16.3 Å². The predicted molar refractivity (Wildman–Crippen MR) is 88.8 cm³/mol. The molecule has 1 amide bonds. The van der Waals surface area contributed by atoms with Crippen molar-refractivity contribution >= 4 is 35.0 Å². The van der Waals surface area contributed by atoms with E-state index in [1.807, 2.05) is 0 Å². The van der Waals surface area contributed by atoms with Crippen molar-refractivity contribution in [2.24, 2.45) is 0 Å². The Morgan fingerprint density at radius 3 is 2.78 bits per heavy atom. The molecule has 0 saturated heterocycles. The summed E-state index contributed by atoms with van der Waals surface area (Å²) in [6, 6.07) is 11.2. The van der Waals surface area contributed by atoms with Gasteiger partial charge in [-0.15, -0.1) is 0 Å². The van der Waals surface area contributed by atoms with Gasteiger partial charge in [-0.05, 0) is 29.8 Å². The van der Waals surface area contributed by atoms with Crippen LogP contribution >= 0.6 is 11.6 Å². The Hall–Kier alpha value is -2.86. The second-order valence-electron chi connectivity index (χ2n) is 4.52. The molecule has 0 atom stereocenters. The molecule has 0 fully saturated rings. The topological polar surface area (TPSA) is 81.5 Å². The van der Waals surface area contributed by atoms with E-state index in [0.29, 0.717) is 17.0 Å². The minimum atomic E-state index is -0.573. The molecule has 0 radical (unpaired) electrons. The van der Waals surface area contributed by atoms with Crippen LogP contribution in [0.15, 0.2) is 48.5 Å². The number of methoxy groups -OCH3 is 1. The second-order valence-corrected chi connectivity index (χ2v) is 4.93. The van der Waals surface area contributed by atoms with Gasteiger partial charge in [0.15, 0.2) is 0 Å². The van der Waals surface area contributed by atoms with Gasteiger partial charge in [0, 0.05) is 23.9 Å². The molecular formula is C16H13ClN2O4. The average Bonchev–Trinajstić information content (AvgIpc) is 2.54. The first-order valence-corrected chi connectivity index (χ1v) is 6.94. The maximum absolute atomic E-state index is 11.9. The number of ether oxygens (including phenoxy) is 1. The number of amides is 1. The van der Waals surface area contributed by atoms with E-state index in [9.17, 15) is 14.9 Å². The van der Waals surface area contributed by atoms with Gasteiger partial charge in [0.1, 0.15) is 10.8 Å². The molecule has 2 aromatic rings. The molecule has 0 aliphatic heterocycles. The van der Waals surface area contributed by atoms with E-state index >= 15 is 0 Å². The van der Waals surface area contributed by atoms with Crippen LogP contribution in [0.2, 0.25) is 5.02 Å². The summed E-state index contributed by atoms with van der Waals surface area (Å²) in [5.74, 6) is 0.260. The van der Waals surface area contributed by atoms with E-state index in [2.05, 4.69) is 5.32 Å². The molecule has 2 rings (SSSR count). The molecule has 0 aliphatic carbocycles. The van der Waals surface area contributed by atoms with Crippen molar-refractivity contribution in [3.8, 4) is 5.75 Å². The van der Waals surface area contributed by atoms with Crippen molar-refractivity contribution < 1.29 is 14.5 Å². The fraction of sp³-hybridized carbons (Fsp3) is 0.0625. The molecule has 118 valence electrons. The number of carbonyl (C=O) groups is 1. The summed E-state index contributed by atoms with van der Waals surface area (Å²) in [7, 11) is 1.54. The van der Waals surface area contributed by atoms with E-state index < -0.39 is 4.92 Å². The van der Waals surface area contributed by atoms with E-state index in [1.165, 1.54) is 31.4 Å². The Labute approximate surface area is 137 Å². The minimum absolute atomic E-state index is 0.0491. The summed E-state index contributed by atoms with van der Waals surface area (Å²) in [4.78, 5) is 22.1. The molecule has 0 unspecified atom stereocenters. The fourth-order valence-corrected chi connectivity index (χ4v) is 2.02. The largest absolute Gasteiger partial charge is 0.497 e. The molecule has 6 nitrogen and oxygen atoms in total. The van der Waals surface area contributed by atoms with Gasteiger partial charge in [0.05, 0.1) is 12.0 Å². The summed E-state index contributed by atoms with van der Waals surface area (Å²) in [6.45, 7) is 0. The van der Waals surface area contributed by atoms with Gasteiger partial charge in [-0.3, -0.25) is 14.9 Å². The Bertz CT molecular complexity index is 774. The highest BCUT2D eigenvalue weighted by Gasteiger charge is 2.11. The number of nitrogens with one attached hydrogen (secondary N) is 1. The molecule has 2 aromatic carbocycles. The van der Waals surface area contributed by atoms with Crippen LogP contribution in [0.3, 0.4) is 0 Å². The highest BCUT2D eigenvalue weighted by atomic mass is 35.5. The third kappa shape index (κ3) is 4.55. The van der Waals surface area contributed by atoms with Crippen molar-refractivity contribution in [2.45, 2.75) is 0 Å². The van der Waals surface area contributed by atoms with Gasteiger partial charge in [-0.25, -0.2) is 0 Å². The van der Waals surface area contributed by atoms with Crippen molar-refractivity contribution in [3.63, 3.8) is 0 Å². The lowest BCUT2D eigenvalue weighted by Gasteiger charge is -2.04. The molecule has 0 bridgehead atoms. The molecule has 0 aromatic heterocycles. The van der Waals surface area contributed by atoms with E-state index in [0.717, 1.165) is 0 Å². The smallest absolute Gasteiger partial charge is 0.288 e. The van der Waals surface area contributed by atoms with E-state index in [1.54, 1.807) is 30.3 Å². The number of hydrogen-bond donors (Lipinski definition) is 1. The SMILES string of the molecule is COc1cccc(NC(=O)C=Cc2ccc(Cl)c([N+](=O)[O-])c2)c1. The highest BCUT2D eigenvalue weighted by molar-refractivity contribution is 6.32. The lowest BCUT2D eigenvalue weighted by molar-refractivity contribution is -0.384. The average molecular weight is 333 g/mol. The highest BCUT2D eigenvalue weighted by Crippen LogP contribution is 2.25. The van der Waals surface area contributed by atoms with Gasteiger partial charge in [0.2, 0.25) is 5.91 Å². The summed E-state index contributed by atoms with van der Waals surface area (Å²) < 4.78 is 5.07. The van der Waals surface area contributed by atoms with Crippen molar-refractivity contribution in [1.29, 1.82) is 0 Å². The van der Waals surface area contributed by atoms with Crippen LogP contribution in [0, 0.1) is 10.1 Å². The molecular weight excluding hydrogens is 320 g/mol. The fourth-order valence-electron chi connectivity index (χ4n) is 1.83. The first-order valence-electron chi connectivity index (χ1n) is 6.56. The van der Waals surface area contributed by atoms with Crippen molar-refractivity contribution in [3.05, 3.63) is 69.2 Å². The Morgan fingerprint density at radius 2 is 2.09 bits per heavy atom. The molecule has 7 heteroatoms. The number of anilines is 1. The van der Waals surface area contributed by atoms with Crippen LogP contribution < -0.4 is 10.1 Å². The normalized spacial score (nSPS) is 10.5. The number of carbonyl (C=O) groups excluding carboxylic acids is 1. The lowest BCUT2D eigenvalue weighted by Crippen LogP contribution is -2.07. The Kier molecular flexibility index (Phi) is 5.32.